The Hall–Kier alpha value is -2.06. The van der Waals surface area contributed by atoms with E-state index in [-0.39, 0.29) is 30.2 Å². The first-order chi connectivity index (χ1) is 14.2. The van der Waals surface area contributed by atoms with E-state index in [0.29, 0.717) is 31.2 Å². The van der Waals surface area contributed by atoms with Crippen LogP contribution in [0.3, 0.4) is 0 Å². The zero-order valence-corrected chi connectivity index (χ0v) is 18.2. The summed E-state index contributed by atoms with van der Waals surface area (Å²) < 4.78 is 20.1. The Balaban J connectivity index is 1.92. The van der Waals surface area contributed by atoms with Gasteiger partial charge in [0.2, 0.25) is 5.91 Å². The summed E-state index contributed by atoms with van der Waals surface area (Å²) in [5.41, 5.74) is 1.24. The van der Waals surface area contributed by atoms with Crippen molar-refractivity contribution in [3.05, 3.63) is 29.3 Å². The fourth-order valence-electron chi connectivity index (χ4n) is 4.28. The Labute approximate surface area is 177 Å². The molecule has 1 aromatic rings. The van der Waals surface area contributed by atoms with Gasteiger partial charge in [0, 0.05) is 50.4 Å². The lowest BCUT2D eigenvalue weighted by atomic mass is 9.98. The lowest BCUT2D eigenvalue weighted by Gasteiger charge is -2.47. The summed E-state index contributed by atoms with van der Waals surface area (Å²) in [4.78, 5) is 32.8. The number of pyridine rings is 1. The standard InChI is InChI=1S/C22H32FN3O4/c1-13(2)21(27)26-14(3)11-25(12-19(26)22(28)29)18(9-10-30-4)20-16(23)7-8-17(24-20)15-5-6-15/h7-8,13-15,18-19H,5-6,9-12H2,1-4H3,(H,28,29)/t14-,18-,19-/m1/s1. The Kier molecular flexibility index (Phi) is 7.08. The van der Waals surface area contributed by atoms with Crippen molar-refractivity contribution in [2.75, 3.05) is 26.8 Å². The first kappa shape index (κ1) is 22.6. The molecule has 1 saturated heterocycles. The molecule has 2 heterocycles. The minimum atomic E-state index is -1.05. The SMILES string of the molecule is COCC[C@H](c1nc(C2CC2)ccc1F)N1C[C@@H](C)N(C(=O)C(C)C)[C@@H](C(=O)O)C1. The maximum Gasteiger partial charge on any atom is 0.327 e. The third-order valence-electron chi connectivity index (χ3n) is 5.99. The van der Waals surface area contributed by atoms with Crippen LogP contribution in [0.15, 0.2) is 12.1 Å². The highest BCUT2D eigenvalue weighted by molar-refractivity contribution is 5.85. The zero-order valence-electron chi connectivity index (χ0n) is 18.2. The van der Waals surface area contributed by atoms with Crippen LogP contribution in [-0.2, 0) is 14.3 Å². The molecular weight excluding hydrogens is 389 g/mol. The number of amides is 1. The Bertz CT molecular complexity index is 784. The van der Waals surface area contributed by atoms with Gasteiger partial charge in [0.05, 0.1) is 11.7 Å². The molecular formula is C22H32FN3O4. The number of carboxylic acid groups (broad SMARTS) is 1. The number of carbonyl (C=O) groups excluding carboxylic acids is 1. The van der Waals surface area contributed by atoms with E-state index in [1.807, 2.05) is 11.8 Å². The van der Waals surface area contributed by atoms with Crippen molar-refractivity contribution in [1.29, 1.82) is 0 Å². The lowest BCUT2D eigenvalue weighted by molar-refractivity contribution is -0.159. The van der Waals surface area contributed by atoms with Crippen molar-refractivity contribution in [2.24, 2.45) is 5.92 Å². The fraction of sp³-hybridized carbons (Fsp3) is 0.682. The molecule has 2 fully saturated rings. The van der Waals surface area contributed by atoms with Gasteiger partial charge in [-0.05, 0) is 38.3 Å². The number of piperazine rings is 1. The van der Waals surface area contributed by atoms with Crippen LogP contribution in [0.4, 0.5) is 4.39 Å². The highest BCUT2D eigenvalue weighted by atomic mass is 19.1. The van der Waals surface area contributed by atoms with Gasteiger partial charge in [0.25, 0.3) is 0 Å². The number of carboxylic acids is 1. The van der Waals surface area contributed by atoms with Crippen LogP contribution in [0, 0.1) is 11.7 Å². The van der Waals surface area contributed by atoms with Crippen LogP contribution in [0.1, 0.15) is 63.4 Å². The number of carbonyl (C=O) groups is 2. The van der Waals surface area contributed by atoms with E-state index < -0.39 is 18.1 Å². The summed E-state index contributed by atoms with van der Waals surface area (Å²) in [5, 5.41) is 9.85. The molecule has 1 saturated carbocycles. The van der Waals surface area contributed by atoms with Gasteiger partial charge in [0.1, 0.15) is 11.9 Å². The van der Waals surface area contributed by atoms with Crippen molar-refractivity contribution >= 4 is 11.9 Å². The Morgan fingerprint density at radius 2 is 2.00 bits per heavy atom. The topological polar surface area (TPSA) is 83.0 Å². The molecule has 0 bridgehead atoms. The number of rotatable bonds is 8. The summed E-state index contributed by atoms with van der Waals surface area (Å²) >= 11 is 0. The van der Waals surface area contributed by atoms with Crippen LogP contribution in [0.5, 0.6) is 0 Å². The number of ether oxygens (including phenoxy) is 1. The van der Waals surface area contributed by atoms with E-state index in [1.54, 1.807) is 27.0 Å². The van der Waals surface area contributed by atoms with Gasteiger partial charge in [-0.25, -0.2) is 9.18 Å². The minimum absolute atomic E-state index is 0.126. The molecule has 1 amide bonds. The lowest BCUT2D eigenvalue weighted by Crippen LogP contribution is -2.63. The van der Waals surface area contributed by atoms with Gasteiger partial charge in [0.15, 0.2) is 0 Å². The zero-order chi connectivity index (χ0) is 22.0. The third kappa shape index (κ3) is 4.81. The largest absolute Gasteiger partial charge is 0.480 e. The normalized spacial score (nSPS) is 23.6. The molecule has 8 heteroatoms. The van der Waals surface area contributed by atoms with Crippen molar-refractivity contribution in [3.63, 3.8) is 0 Å². The predicted octanol–water partition coefficient (Wildman–Crippen LogP) is 2.82. The second-order valence-electron chi connectivity index (χ2n) is 8.73. The monoisotopic (exact) mass is 421 g/mol. The highest BCUT2D eigenvalue weighted by Crippen LogP contribution is 2.40. The fourth-order valence-corrected chi connectivity index (χ4v) is 4.28. The van der Waals surface area contributed by atoms with Crippen LogP contribution >= 0.6 is 0 Å². The van der Waals surface area contributed by atoms with E-state index in [1.165, 1.54) is 11.0 Å². The minimum Gasteiger partial charge on any atom is -0.480 e. The van der Waals surface area contributed by atoms with E-state index in [4.69, 9.17) is 4.74 Å². The molecule has 1 aliphatic carbocycles. The van der Waals surface area contributed by atoms with E-state index in [0.717, 1.165) is 18.5 Å². The number of halogens is 1. The molecule has 2 aliphatic rings. The smallest absolute Gasteiger partial charge is 0.327 e. The average molecular weight is 422 g/mol. The number of aliphatic carboxylic acids is 1. The Morgan fingerprint density at radius 3 is 2.57 bits per heavy atom. The molecule has 0 aromatic carbocycles. The second kappa shape index (κ2) is 9.39. The molecule has 30 heavy (non-hydrogen) atoms. The van der Waals surface area contributed by atoms with Crippen molar-refractivity contribution in [2.45, 2.75) is 64.1 Å². The molecule has 0 radical (unpaired) electrons. The van der Waals surface area contributed by atoms with Gasteiger partial charge < -0.3 is 14.7 Å². The summed E-state index contributed by atoms with van der Waals surface area (Å²) in [6, 6.07) is 1.50. The highest BCUT2D eigenvalue weighted by Gasteiger charge is 2.43. The predicted molar refractivity (Wildman–Crippen MR) is 110 cm³/mol. The van der Waals surface area contributed by atoms with Gasteiger partial charge in [-0.2, -0.15) is 0 Å². The molecule has 166 valence electrons. The van der Waals surface area contributed by atoms with Crippen molar-refractivity contribution < 1.29 is 23.8 Å². The van der Waals surface area contributed by atoms with Crippen LogP contribution in [-0.4, -0.2) is 70.7 Å². The Morgan fingerprint density at radius 1 is 1.30 bits per heavy atom. The van der Waals surface area contributed by atoms with E-state index in [9.17, 15) is 19.1 Å². The quantitative estimate of drug-likeness (QED) is 0.695. The number of hydrogen-bond acceptors (Lipinski definition) is 5. The molecule has 3 rings (SSSR count). The summed E-state index contributed by atoms with van der Waals surface area (Å²) in [5.74, 6) is -1.52. The first-order valence-electron chi connectivity index (χ1n) is 10.7. The van der Waals surface area contributed by atoms with Gasteiger partial charge in [-0.3, -0.25) is 14.7 Å². The van der Waals surface area contributed by atoms with Gasteiger partial charge in [-0.15, -0.1) is 0 Å². The van der Waals surface area contributed by atoms with Gasteiger partial charge >= 0.3 is 5.97 Å². The average Bonchev–Trinajstić information content (AvgIpc) is 3.53. The van der Waals surface area contributed by atoms with Gasteiger partial charge in [-0.1, -0.05) is 13.8 Å². The number of hydrogen-bond donors (Lipinski definition) is 1. The second-order valence-corrected chi connectivity index (χ2v) is 8.73. The molecule has 0 spiro atoms. The molecule has 7 nitrogen and oxygen atoms in total. The molecule has 1 N–H and O–H groups in total. The van der Waals surface area contributed by atoms with Crippen molar-refractivity contribution in [1.82, 2.24) is 14.8 Å². The third-order valence-corrected chi connectivity index (χ3v) is 5.99. The van der Waals surface area contributed by atoms with Crippen LogP contribution < -0.4 is 0 Å². The van der Waals surface area contributed by atoms with E-state index in [2.05, 4.69) is 4.98 Å². The maximum atomic E-state index is 14.8. The number of nitrogens with zero attached hydrogens (tertiary/aromatic N) is 3. The first-order valence-corrected chi connectivity index (χ1v) is 10.7. The van der Waals surface area contributed by atoms with Crippen molar-refractivity contribution in [3.8, 4) is 0 Å². The molecule has 0 unspecified atom stereocenters. The van der Waals surface area contributed by atoms with Crippen LogP contribution in [0.25, 0.3) is 0 Å². The number of aromatic nitrogens is 1. The van der Waals surface area contributed by atoms with Crippen LogP contribution in [0.2, 0.25) is 0 Å². The summed E-state index contributed by atoms with van der Waals surface area (Å²) in [6.45, 7) is 6.36. The maximum absolute atomic E-state index is 14.8. The number of methoxy groups -OCH3 is 1. The summed E-state index contributed by atoms with van der Waals surface area (Å²) in [6.07, 6.45) is 2.62. The molecule has 1 aromatic heterocycles. The molecule has 1 aliphatic heterocycles. The molecule has 3 atom stereocenters. The van der Waals surface area contributed by atoms with E-state index >= 15 is 0 Å². The summed E-state index contributed by atoms with van der Waals surface area (Å²) in [7, 11) is 1.59.